The third-order valence-electron chi connectivity index (χ3n) is 7.35. The molecule has 2 N–H and O–H groups in total. The van der Waals surface area contributed by atoms with Gasteiger partial charge in [-0.1, -0.05) is 53.9 Å². The van der Waals surface area contributed by atoms with Gasteiger partial charge in [0.25, 0.3) is 11.8 Å². The number of benzene rings is 1. The van der Waals surface area contributed by atoms with Crippen LogP contribution in [0.2, 0.25) is 0 Å². The van der Waals surface area contributed by atoms with E-state index in [9.17, 15) is 9.59 Å². The molecule has 2 heterocycles. The molecule has 1 aromatic carbocycles. The molecule has 0 spiro atoms. The van der Waals surface area contributed by atoms with Gasteiger partial charge in [0.2, 0.25) is 0 Å². The average Bonchev–Trinajstić information content (AvgIpc) is 3.13. The van der Waals surface area contributed by atoms with Crippen LogP contribution in [0.1, 0.15) is 106 Å². The first-order valence-electron chi connectivity index (χ1n) is 14.0. The van der Waals surface area contributed by atoms with E-state index in [1.807, 2.05) is 39.0 Å². The van der Waals surface area contributed by atoms with E-state index in [0.717, 1.165) is 41.9 Å². The highest BCUT2D eigenvalue weighted by Gasteiger charge is 2.26. The largest absolute Gasteiger partial charge is 0.377 e. The van der Waals surface area contributed by atoms with Crippen LogP contribution < -0.4 is 10.6 Å². The number of unbranched alkanes of at least 4 members (excludes halogenated alkanes) is 1. The van der Waals surface area contributed by atoms with Crippen molar-refractivity contribution >= 4 is 11.8 Å². The number of nitrogens with zero attached hydrogens (tertiary/aromatic N) is 1. The van der Waals surface area contributed by atoms with Gasteiger partial charge in [0.15, 0.2) is 0 Å². The van der Waals surface area contributed by atoms with Gasteiger partial charge in [0.05, 0.1) is 24.8 Å². The van der Waals surface area contributed by atoms with Crippen molar-refractivity contribution in [2.75, 3.05) is 13.2 Å². The highest BCUT2D eigenvalue weighted by atomic mass is 16.5. The van der Waals surface area contributed by atoms with Crippen molar-refractivity contribution in [1.29, 1.82) is 0 Å². The van der Waals surface area contributed by atoms with Gasteiger partial charge in [-0.25, -0.2) is 0 Å². The third-order valence-corrected chi connectivity index (χ3v) is 7.35. The lowest BCUT2D eigenvalue weighted by Gasteiger charge is -2.26. The monoisotopic (exact) mass is 509 g/mol. The molecule has 1 aromatic heterocycles. The van der Waals surface area contributed by atoms with Gasteiger partial charge in [-0.15, -0.1) is 0 Å². The van der Waals surface area contributed by atoms with Crippen molar-refractivity contribution in [3.8, 4) is 11.3 Å². The Labute approximate surface area is 223 Å². The molecule has 0 aliphatic carbocycles. The Morgan fingerprint density at radius 3 is 2.32 bits per heavy atom. The minimum atomic E-state index is -0.132. The summed E-state index contributed by atoms with van der Waals surface area (Å²) in [7, 11) is 0. The fourth-order valence-corrected chi connectivity index (χ4v) is 4.79. The van der Waals surface area contributed by atoms with E-state index in [1.165, 1.54) is 12.8 Å². The summed E-state index contributed by atoms with van der Waals surface area (Å²) in [6.45, 7) is 18.9. The summed E-state index contributed by atoms with van der Waals surface area (Å²) in [5.74, 6) is 0.391. The smallest absolute Gasteiger partial charge is 0.253 e. The molecular weight excluding hydrogens is 462 g/mol. The second-order valence-electron chi connectivity index (χ2n) is 11.9. The molecule has 1 atom stereocenters. The van der Waals surface area contributed by atoms with Gasteiger partial charge in [0, 0.05) is 29.5 Å². The molecule has 1 aliphatic heterocycles. The molecule has 6 nitrogen and oxygen atoms in total. The number of rotatable bonds is 11. The van der Waals surface area contributed by atoms with Crippen LogP contribution in [-0.4, -0.2) is 41.7 Å². The van der Waals surface area contributed by atoms with Crippen LogP contribution in [0.3, 0.4) is 0 Å². The van der Waals surface area contributed by atoms with Crippen LogP contribution in [0.15, 0.2) is 24.3 Å². The molecule has 0 radical (unpaired) electrons. The average molecular weight is 510 g/mol. The summed E-state index contributed by atoms with van der Waals surface area (Å²) < 4.78 is 7.56. The third kappa shape index (κ3) is 7.25. The Balaban J connectivity index is 2.13. The summed E-state index contributed by atoms with van der Waals surface area (Å²) in [5, 5.41) is 6.16. The van der Waals surface area contributed by atoms with Gasteiger partial charge in [-0.3, -0.25) is 9.59 Å². The minimum absolute atomic E-state index is 0.0509. The van der Waals surface area contributed by atoms with E-state index in [2.05, 4.69) is 55.9 Å². The van der Waals surface area contributed by atoms with E-state index < -0.39 is 0 Å². The molecular formula is C31H47N3O3. The lowest BCUT2D eigenvalue weighted by molar-refractivity contribution is -0.00347. The highest BCUT2D eigenvalue weighted by molar-refractivity contribution is 5.98. The van der Waals surface area contributed by atoms with Crippen LogP contribution in [0.5, 0.6) is 0 Å². The molecule has 3 rings (SSSR count). The van der Waals surface area contributed by atoms with E-state index in [-0.39, 0.29) is 29.3 Å². The van der Waals surface area contributed by atoms with Crippen molar-refractivity contribution < 1.29 is 14.3 Å². The summed E-state index contributed by atoms with van der Waals surface area (Å²) in [6.07, 6.45) is 4.62. The van der Waals surface area contributed by atoms with E-state index in [0.29, 0.717) is 30.3 Å². The van der Waals surface area contributed by atoms with E-state index >= 15 is 0 Å². The molecule has 2 amide bonds. The highest BCUT2D eigenvalue weighted by Crippen LogP contribution is 2.33. The Hall–Kier alpha value is -2.60. The SMILES string of the molecule is CCCCC(CC)Cn1c(-c2cc(C(=O)NC(C)C)cc(C(C)(C)C)c2)cc(C(=O)NC2COC2)c1C. The van der Waals surface area contributed by atoms with Gasteiger partial charge < -0.3 is 19.9 Å². The van der Waals surface area contributed by atoms with Gasteiger partial charge in [0.1, 0.15) is 0 Å². The number of ether oxygens (including phenoxy) is 1. The standard InChI is InChI=1S/C31H47N3O3/c1-9-11-12-22(10-2)17-34-21(5)27(30(36)33-26-18-37-19-26)16-28(34)23-13-24(29(35)32-20(3)4)15-25(14-23)31(6,7)8/h13-16,20,22,26H,9-12,17-19H2,1-8H3,(H,32,35)(H,33,36). The predicted molar refractivity (Wildman–Crippen MR) is 151 cm³/mol. The molecule has 0 bridgehead atoms. The van der Waals surface area contributed by atoms with E-state index in [4.69, 9.17) is 4.74 Å². The van der Waals surface area contributed by atoms with Gasteiger partial charge in [-0.2, -0.15) is 0 Å². The van der Waals surface area contributed by atoms with Crippen molar-refractivity contribution in [2.24, 2.45) is 5.92 Å². The lowest BCUT2D eigenvalue weighted by Crippen LogP contribution is -2.48. The molecule has 1 unspecified atom stereocenters. The Kier molecular flexibility index (Phi) is 9.63. The zero-order chi connectivity index (χ0) is 27.3. The number of amides is 2. The fourth-order valence-electron chi connectivity index (χ4n) is 4.79. The van der Waals surface area contributed by atoms with Crippen molar-refractivity contribution in [3.05, 3.63) is 46.6 Å². The molecule has 204 valence electrons. The first-order chi connectivity index (χ1) is 17.4. The number of carbonyl (C=O) groups is 2. The maximum atomic E-state index is 13.3. The maximum absolute atomic E-state index is 13.3. The summed E-state index contributed by atoms with van der Waals surface area (Å²) in [5.41, 5.74) is 5.25. The Morgan fingerprint density at radius 2 is 1.78 bits per heavy atom. The molecule has 1 aliphatic rings. The zero-order valence-corrected chi connectivity index (χ0v) is 24.2. The Morgan fingerprint density at radius 1 is 1.08 bits per heavy atom. The van der Waals surface area contributed by atoms with Gasteiger partial charge >= 0.3 is 0 Å². The molecule has 2 aromatic rings. The van der Waals surface area contributed by atoms with Crippen LogP contribution in [0, 0.1) is 12.8 Å². The second kappa shape index (κ2) is 12.3. The lowest BCUT2D eigenvalue weighted by atomic mass is 9.84. The zero-order valence-electron chi connectivity index (χ0n) is 24.2. The molecule has 0 saturated carbocycles. The minimum Gasteiger partial charge on any atom is -0.377 e. The van der Waals surface area contributed by atoms with Gasteiger partial charge in [-0.05, 0) is 73.9 Å². The van der Waals surface area contributed by atoms with Crippen LogP contribution in [0.4, 0.5) is 0 Å². The van der Waals surface area contributed by atoms with Crippen molar-refractivity contribution in [1.82, 2.24) is 15.2 Å². The van der Waals surface area contributed by atoms with Crippen molar-refractivity contribution in [2.45, 2.75) is 105 Å². The number of nitrogens with one attached hydrogen (secondary N) is 2. The second-order valence-corrected chi connectivity index (χ2v) is 11.9. The summed E-state index contributed by atoms with van der Waals surface area (Å²) in [4.78, 5) is 26.4. The number of aromatic nitrogens is 1. The molecule has 1 saturated heterocycles. The van der Waals surface area contributed by atoms with E-state index in [1.54, 1.807) is 0 Å². The number of hydrogen-bond donors (Lipinski definition) is 2. The Bertz CT molecular complexity index is 1090. The van der Waals surface area contributed by atoms with Crippen LogP contribution in [0.25, 0.3) is 11.3 Å². The van der Waals surface area contributed by atoms with Crippen molar-refractivity contribution in [3.63, 3.8) is 0 Å². The molecule has 6 heteroatoms. The summed E-state index contributed by atoms with van der Waals surface area (Å²) in [6, 6.07) is 8.31. The predicted octanol–water partition coefficient (Wildman–Crippen LogP) is 6.24. The quantitative estimate of drug-likeness (QED) is 0.376. The maximum Gasteiger partial charge on any atom is 0.253 e. The van der Waals surface area contributed by atoms with Crippen LogP contribution >= 0.6 is 0 Å². The fraction of sp³-hybridized carbons (Fsp3) is 0.613. The van der Waals surface area contributed by atoms with Crippen LogP contribution in [-0.2, 0) is 16.7 Å². The first kappa shape index (κ1) is 29.0. The number of carbonyl (C=O) groups excluding carboxylic acids is 2. The normalized spacial score (nSPS) is 14.9. The number of hydrogen-bond acceptors (Lipinski definition) is 3. The first-order valence-corrected chi connectivity index (χ1v) is 14.0. The summed E-state index contributed by atoms with van der Waals surface area (Å²) >= 11 is 0. The topological polar surface area (TPSA) is 72.4 Å². The molecule has 37 heavy (non-hydrogen) atoms. The molecule has 1 fully saturated rings.